The van der Waals surface area contributed by atoms with E-state index in [4.69, 9.17) is 5.73 Å². The molecule has 1 aromatic carbocycles. The van der Waals surface area contributed by atoms with Crippen LogP contribution in [-0.4, -0.2) is 22.8 Å². The molecule has 4 nitrogen and oxygen atoms in total. The summed E-state index contributed by atoms with van der Waals surface area (Å²) in [6, 6.07) is 9.43. The highest BCUT2D eigenvalue weighted by Gasteiger charge is 2.14. The summed E-state index contributed by atoms with van der Waals surface area (Å²) in [5, 5.41) is 0. The summed E-state index contributed by atoms with van der Waals surface area (Å²) in [6.45, 7) is 4.70. The van der Waals surface area contributed by atoms with Crippen molar-refractivity contribution >= 4 is 11.7 Å². The Morgan fingerprint density at radius 1 is 1.25 bits per heavy atom. The lowest BCUT2D eigenvalue weighted by Crippen LogP contribution is -2.27. The minimum absolute atomic E-state index is 0.0539. The van der Waals surface area contributed by atoms with Gasteiger partial charge >= 0.3 is 0 Å². The van der Waals surface area contributed by atoms with Gasteiger partial charge in [0.1, 0.15) is 5.82 Å². The number of pyridine rings is 1. The maximum atomic E-state index is 12.4. The van der Waals surface area contributed by atoms with Crippen molar-refractivity contribution in [1.29, 1.82) is 0 Å². The van der Waals surface area contributed by atoms with E-state index in [0.29, 0.717) is 17.9 Å². The minimum Gasteiger partial charge on any atom is -0.384 e. The highest BCUT2D eigenvalue weighted by molar-refractivity contribution is 5.94. The van der Waals surface area contributed by atoms with Gasteiger partial charge in [-0.3, -0.25) is 4.79 Å². The molecule has 1 aromatic heterocycles. The number of nitrogen functional groups attached to an aromatic ring is 1. The Labute approximate surface area is 119 Å². The third kappa shape index (κ3) is 2.96. The topological polar surface area (TPSA) is 59.2 Å². The highest BCUT2D eigenvalue weighted by atomic mass is 16.2. The van der Waals surface area contributed by atoms with Gasteiger partial charge in [0.2, 0.25) is 0 Å². The number of anilines is 1. The fourth-order valence-electron chi connectivity index (χ4n) is 2.21. The Balaban J connectivity index is 2.20. The molecule has 0 saturated carbocycles. The average molecular weight is 269 g/mol. The SMILES string of the molecule is Cc1cccc(C)c1CN(C)C(=O)c1ccnc(N)c1. The van der Waals surface area contributed by atoms with Crippen molar-refractivity contribution in [2.75, 3.05) is 12.8 Å². The van der Waals surface area contributed by atoms with Crippen LogP contribution in [0.5, 0.6) is 0 Å². The van der Waals surface area contributed by atoms with Gasteiger partial charge in [-0.25, -0.2) is 4.98 Å². The molecular formula is C16H19N3O. The van der Waals surface area contributed by atoms with Gasteiger partial charge in [-0.1, -0.05) is 18.2 Å². The van der Waals surface area contributed by atoms with Gasteiger partial charge < -0.3 is 10.6 Å². The summed E-state index contributed by atoms with van der Waals surface area (Å²) < 4.78 is 0. The minimum atomic E-state index is -0.0539. The second kappa shape index (κ2) is 5.74. The normalized spacial score (nSPS) is 10.3. The Kier molecular flexibility index (Phi) is 4.03. The predicted octanol–water partition coefficient (Wildman–Crippen LogP) is 2.55. The second-order valence-corrected chi connectivity index (χ2v) is 5.00. The number of benzene rings is 1. The van der Waals surface area contributed by atoms with E-state index in [0.717, 1.165) is 0 Å². The molecule has 0 aliphatic carbocycles. The van der Waals surface area contributed by atoms with Crippen molar-refractivity contribution in [3.05, 3.63) is 58.8 Å². The molecule has 0 fully saturated rings. The maximum absolute atomic E-state index is 12.4. The van der Waals surface area contributed by atoms with E-state index in [1.54, 1.807) is 30.3 Å². The summed E-state index contributed by atoms with van der Waals surface area (Å²) in [6.07, 6.45) is 1.55. The summed E-state index contributed by atoms with van der Waals surface area (Å²) in [4.78, 5) is 18.0. The lowest BCUT2D eigenvalue weighted by Gasteiger charge is -2.20. The van der Waals surface area contributed by atoms with Gasteiger partial charge in [0, 0.05) is 25.4 Å². The van der Waals surface area contributed by atoms with Crippen LogP contribution in [0, 0.1) is 13.8 Å². The third-order valence-electron chi connectivity index (χ3n) is 3.41. The van der Waals surface area contributed by atoms with Gasteiger partial charge in [-0.05, 0) is 42.7 Å². The van der Waals surface area contributed by atoms with E-state index in [9.17, 15) is 4.79 Å². The molecule has 0 atom stereocenters. The van der Waals surface area contributed by atoms with Crippen molar-refractivity contribution in [3.8, 4) is 0 Å². The predicted molar refractivity (Wildman–Crippen MR) is 80.4 cm³/mol. The lowest BCUT2D eigenvalue weighted by molar-refractivity contribution is 0.0784. The molecule has 0 radical (unpaired) electrons. The standard InChI is InChI=1S/C16H19N3O/c1-11-5-4-6-12(2)14(11)10-19(3)16(20)13-7-8-18-15(17)9-13/h4-9H,10H2,1-3H3,(H2,17,18). The number of aryl methyl sites for hydroxylation is 2. The summed E-state index contributed by atoms with van der Waals surface area (Å²) in [5.41, 5.74) is 9.75. The number of nitrogens with zero attached hydrogens (tertiary/aromatic N) is 2. The number of carbonyl (C=O) groups is 1. The summed E-state index contributed by atoms with van der Waals surface area (Å²) in [5.74, 6) is 0.304. The fourth-order valence-corrected chi connectivity index (χ4v) is 2.21. The number of aromatic nitrogens is 1. The largest absolute Gasteiger partial charge is 0.384 e. The van der Waals surface area contributed by atoms with Gasteiger partial charge in [0.05, 0.1) is 0 Å². The van der Waals surface area contributed by atoms with Crippen LogP contribution >= 0.6 is 0 Å². The van der Waals surface area contributed by atoms with Crippen LogP contribution in [0.1, 0.15) is 27.0 Å². The quantitative estimate of drug-likeness (QED) is 0.931. The van der Waals surface area contributed by atoms with Gasteiger partial charge in [-0.15, -0.1) is 0 Å². The first-order valence-electron chi connectivity index (χ1n) is 6.51. The van der Waals surface area contributed by atoms with Crippen LogP contribution in [0.3, 0.4) is 0 Å². The molecular weight excluding hydrogens is 250 g/mol. The van der Waals surface area contributed by atoms with E-state index in [-0.39, 0.29) is 5.91 Å². The molecule has 2 aromatic rings. The molecule has 1 heterocycles. The van der Waals surface area contributed by atoms with Gasteiger partial charge in [0.15, 0.2) is 0 Å². The molecule has 104 valence electrons. The van der Waals surface area contributed by atoms with E-state index >= 15 is 0 Å². The monoisotopic (exact) mass is 269 g/mol. The number of nitrogens with two attached hydrogens (primary N) is 1. The highest BCUT2D eigenvalue weighted by Crippen LogP contribution is 2.16. The van der Waals surface area contributed by atoms with Gasteiger partial charge in [-0.2, -0.15) is 0 Å². The molecule has 20 heavy (non-hydrogen) atoms. The first-order valence-corrected chi connectivity index (χ1v) is 6.51. The summed E-state index contributed by atoms with van der Waals surface area (Å²) in [7, 11) is 1.80. The number of amides is 1. The number of hydrogen-bond acceptors (Lipinski definition) is 3. The molecule has 2 N–H and O–H groups in total. The first kappa shape index (κ1) is 14.1. The van der Waals surface area contributed by atoms with Crippen LogP contribution in [0.2, 0.25) is 0 Å². The molecule has 2 rings (SSSR count). The fraction of sp³-hybridized carbons (Fsp3) is 0.250. The van der Waals surface area contributed by atoms with Crippen molar-refractivity contribution in [2.45, 2.75) is 20.4 Å². The van der Waals surface area contributed by atoms with Crippen LogP contribution in [-0.2, 0) is 6.54 Å². The third-order valence-corrected chi connectivity index (χ3v) is 3.41. The van der Waals surface area contributed by atoms with E-state index < -0.39 is 0 Å². The van der Waals surface area contributed by atoms with Crippen molar-refractivity contribution in [1.82, 2.24) is 9.88 Å². The number of rotatable bonds is 3. The summed E-state index contributed by atoms with van der Waals surface area (Å²) >= 11 is 0. The van der Waals surface area contributed by atoms with Crippen molar-refractivity contribution in [3.63, 3.8) is 0 Å². The van der Waals surface area contributed by atoms with Crippen LogP contribution < -0.4 is 5.73 Å². The molecule has 0 aliphatic rings. The van der Waals surface area contributed by atoms with E-state index in [2.05, 4.69) is 31.0 Å². The molecule has 0 saturated heterocycles. The zero-order valence-electron chi connectivity index (χ0n) is 12.1. The Bertz CT molecular complexity index is 617. The molecule has 4 heteroatoms. The van der Waals surface area contributed by atoms with E-state index in [1.165, 1.54) is 16.7 Å². The Hall–Kier alpha value is -2.36. The van der Waals surface area contributed by atoms with Crippen LogP contribution in [0.25, 0.3) is 0 Å². The zero-order chi connectivity index (χ0) is 14.7. The lowest BCUT2D eigenvalue weighted by atomic mass is 10.0. The maximum Gasteiger partial charge on any atom is 0.254 e. The smallest absolute Gasteiger partial charge is 0.254 e. The second-order valence-electron chi connectivity index (χ2n) is 5.00. The van der Waals surface area contributed by atoms with Crippen LogP contribution in [0.15, 0.2) is 36.5 Å². The number of carbonyl (C=O) groups excluding carboxylic acids is 1. The molecule has 0 bridgehead atoms. The first-order chi connectivity index (χ1) is 9.49. The number of hydrogen-bond donors (Lipinski definition) is 1. The Morgan fingerprint density at radius 3 is 2.50 bits per heavy atom. The molecule has 0 aliphatic heterocycles. The van der Waals surface area contributed by atoms with Crippen molar-refractivity contribution in [2.24, 2.45) is 0 Å². The average Bonchev–Trinajstić information content (AvgIpc) is 2.42. The van der Waals surface area contributed by atoms with Crippen LogP contribution in [0.4, 0.5) is 5.82 Å². The zero-order valence-corrected chi connectivity index (χ0v) is 12.1. The van der Waals surface area contributed by atoms with E-state index in [1.807, 2.05) is 6.07 Å². The van der Waals surface area contributed by atoms with Gasteiger partial charge in [0.25, 0.3) is 5.91 Å². The molecule has 0 spiro atoms. The Morgan fingerprint density at radius 2 is 1.90 bits per heavy atom. The molecule has 0 unspecified atom stereocenters. The molecule has 1 amide bonds. The van der Waals surface area contributed by atoms with Crippen molar-refractivity contribution < 1.29 is 4.79 Å².